The molecular formula is C46H47ClN8O7S. The minimum Gasteiger partial charge on any atom is -0.491 e. The van der Waals surface area contributed by atoms with Gasteiger partial charge < -0.3 is 40.1 Å². The van der Waals surface area contributed by atoms with Gasteiger partial charge in [-0.3, -0.25) is 19.1 Å². The van der Waals surface area contributed by atoms with Crippen LogP contribution in [0.15, 0.2) is 84.0 Å². The van der Waals surface area contributed by atoms with Gasteiger partial charge in [0.2, 0.25) is 11.8 Å². The predicted octanol–water partition coefficient (Wildman–Crippen LogP) is 7.47. The van der Waals surface area contributed by atoms with Gasteiger partial charge >= 0.3 is 0 Å². The maximum absolute atomic E-state index is 13.5. The lowest BCUT2D eigenvalue weighted by Crippen LogP contribution is -2.17. The number of ether oxygens (including phenoxy) is 5. The fourth-order valence-corrected chi connectivity index (χ4v) is 8.60. The number of fused-ring (bicyclic) bond motifs is 4. The Balaban J connectivity index is 0.717. The number of benzene rings is 3. The molecule has 15 nitrogen and oxygen atoms in total. The van der Waals surface area contributed by atoms with Crippen LogP contribution in [0.25, 0.3) is 16.1 Å². The van der Waals surface area contributed by atoms with Crippen molar-refractivity contribution in [1.82, 2.24) is 19.7 Å². The van der Waals surface area contributed by atoms with E-state index in [9.17, 15) is 9.59 Å². The van der Waals surface area contributed by atoms with E-state index in [1.54, 1.807) is 41.8 Å². The van der Waals surface area contributed by atoms with Gasteiger partial charge in [-0.1, -0.05) is 29.8 Å². The van der Waals surface area contributed by atoms with Gasteiger partial charge in [0.15, 0.2) is 17.4 Å². The summed E-state index contributed by atoms with van der Waals surface area (Å²) in [6.07, 6.45) is 2.11. The second-order valence-corrected chi connectivity index (χ2v) is 16.6. The number of nitrogen functional groups attached to an aromatic ring is 1. The molecule has 3 aromatic carbocycles. The van der Waals surface area contributed by atoms with E-state index in [1.807, 2.05) is 60.0 Å². The van der Waals surface area contributed by atoms with E-state index in [1.165, 1.54) is 4.88 Å². The monoisotopic (exact) mass is 890 g/mol. The number of carbonyl (C=O) groups excluding carboxylic acids is 2. The molecule has 0 saturated carbocycles. The van der Waals surface area contributed by atoms with E-state index in [2.05, 4.69) is 39.7 Å². The molecule has 0 bridgehead atoms. The summed E-state index contributed by atoms with van der Waals surface area (Å²) in [6, 6.07) is 21.9. The smallest absolute Gasteiger partial charge is 0.228 e. The summed E-state index contributed by atoms with van der Waals surface area (Å²) in [4.78, 5) is 35.9. The van der Waals surface area contributed by atoms with Gasteiger partial charge in [-0.05, 0) is 92.1 Å². The molecular weight excluding hydrogens is 844 g/mol. The molecule has 63 heavy (non-hydrogen) atoms. The maximum atomic E-state index is 13.5. The van der Waals surface area contributed by atoms with Crippen molar-refractivity contribution < 1.29 is 33.3 Å². The standard InChI is InChI=1S/C46H47ClN8O7S/c1-27-28(2)63-46-42(27)43(30-4-7-34(47)8-5-30)52-38(45-54-53-29(3)55(45)46)25-41(57)50-35-9-11-36(12-10-35)61-20-18-59-16-14-58-15-17-60-19-21-62-39-23-33(26-49-44(39)48)31-6-13-37-32(22-31)24-40(56)51-37/h4-13,22-23,26,38H,14-21,24-25H2,1-3H3,(H2,48,49)(H,50,57)(H,51,56)/t38-/m0/s1. The Bertz CT molecular complexity index is 2630. The molecule has 6 aromatic rings. The molecule has 2 aliphatic heterocycles. The minimum atomic E-state index is -0.575. The summed E-state index contributed by atoms with van der Waals surface area (Å²) in [7, 11) is 0. The molecule has 2 amide bonds. The van der Waals surface area contributed by atoms with E-state index in [0.717, 1.165) is 55.6 Å². The van der Waals surface area contributed by atoms with E-state index >= 15 is 0 Å². The van der Waals surface area contributed by atoms with Gasteiger partial charge in [-0.2, -0.15) is 0 Å². The van der Waals surface area contributed by atoms with Gasteiger partial charge in [0.1, 0.15) is 35.8 Å². The number of aryl methyl sites for hydroxylation is 2. The SMILES string of the molecule is Cc1sc2c(c1C)C(c1ccc(Cl)cc1)=N[C@@H](CC(=O)Nc1ccc(OCCOCCOCCOCCOc3cc(-c4ccc5c(c4)CC(=O)N5)cnc3N)cc1)c1nnc(C)n1-2. The van der Waals surface area contributed by atoms with E-state index in [-0.39, 0.29) is 24.1 Å². The Hall–Kier alpha value is -6.17. The summed E-state index contributed by atoms with van der Waals surface area (Å²) in [5, 5.41) is 16.4. The lowest BCUT2D eigenvalue weighted by molar-refractivity contribution is -0.117. The van der Waals surface area contributed by atoms with Crippen molar-refractivity contribution in [2.75, 3.05) is 69.2 Å². The number of pyridine rings is 1. The van der Waals surface area contributed by atoms with Crippen molar-refractivity contribution in [3.63, 3.8) is 0 Å². The fraction of sp³-hybridized carbons (Fsp3) is 0.304. The maximum Gasteiger partial charge on any atom is 0.228 e. The number of anilines is 3. The summed E-state index contributed by atoms with van der Waals surface area (Å²) < 4.78 is 30.6. The first-order valence-corrected chi connectivity index (χ1v) is 21.7. The van der Waals surface area contributed by atoms with Gasteiger partial charge in [0, 0.05) is 44.2 Å². The largest absolute Gasteiger partial charge is 0.491 e. The van der Waals surface area contributed by atoms with Crippen LogP contribution < -0.4 is 25.8 Å². The first-order chi connectivity index (χ1) is 30.6. The summed E-state index contributed by atoms with van der Waals surface area (Å²) in [5.74, 6) is 2.54. The number of carbonyl (C=O) groups is 2. The lowest BCUT2D eigenvalue weighted by Gasteiger charge is -2.13. The van der Waals surface area contributed by atoms with E-state index in [0.29, 0.717) is 87.3 Å². The number of hydrogen-bond acceptors (Lipinski definition) is 13. The van der Waals surface area contributed by atoms with Crippen LogP contribution >= 0.6 is 22.9 Å². The summed E-state index contributed by atoms with van der Waals surface area (Å²) in [5.41, 5.74) is 14.1. The zero-order valence-corrected chi connectivity index (χ0v) is 36.7. The quantitative estimate of drug-likeness (QED) is 0.0685. The van der Waals surface area contributed by atoms with Crippen LogP contribution in [0.5, 0.6) is 11.5 Å². The minimum absolute atomic E-state index is 0.0109. The van der Waals surface area contributed by atoms with Crippen LogP contribution in [0.2, 0.25) is 5.02 Å². The predicted molar refractivity (Wildman–Crippen MR) is 243 cm³/mol. The normalized spacial score (nSPS) is 14.0. The van der Waals surface area contributed by atoms with Crippen LogP contribution in [0.4, 0.5) is 17.2 Å². The molecule has 0 aliphatic carbocycles. The van der Waals surface area contributed by atoms with Crippen LogP contribution in [-0.2, 0) is 30.2 Å². The molecule has 0 unspecified atom stereocenters. The van der Waals surface area contributed by atoms with Crippen molar-refractivity contribution in [3.05, 3.63) is 123 Å². The van der Waals surface area contributed by atoms with Crippen LogP contribution in [0.3, 0.4) is 0 Å². The number of nitrogens with two attached hydrogens (primary N) is 1. The molecule has 17 heteroatoms. The second kappa shape index (κ2) is 19.9. The third-order valence-electron chi connectivity index (χ3n) is 10.5. The molecule has 0 fully saturated rings. The molecule has 2 aliphatic rings. The molecule has 0 saturated heterocycles. The lowest BCUT2D eigenvalue weighted by atomic mass is 9.99. The average molecular weight is 891 g/mol. The number of rotatable bonds is 19. The van der Waals surface area contributed by atoms with Gasteiger partial charge in [-0.25, -0.2) is 4.98 Å². The molecule has 3 aromatic heterocycles. The molecule has 8 rings (SSSR count). The highest BCUT2D eigenvalue weighted by molar-refractivity contribution is 7.15. The highest BCUT2D eigenvalue weighted by Crippen LogP contribution is 2.40. The molecule has 0 radical (unpaired) electrons. The number of aromatic nitrogens is 4. The Labute approximate surface area is 373 Å². The zero-order valence-electron chi connectivity index (χ0n) is 35.1. The summed E-state index contributed by atoms with van der Waals surface area (Å²) in [6.45, 7) is 9.12. The third kappa shape index (κ3) is 10.4. The third-order valence-corrected chi connectivity index (χ3v) is 12.0. The van der Waals surface area contributed by atoms with Crippen molar-refractivity contribution >= 4 is 57.7 Å². The second-order valence-electron chi connectivity index (χ2n) is 14.9. The Morgan fingerprint density at radius 2 is 1.54 bits per heavy atom. The number of aliphatic imine (C=N–C) groups is 1. The first kappa shape index (κ1) is 43.5. The van der Waals surface area contributed by atoms with E-state index in [4.69, 9.17) is 46.0 Å². The highest BCUT2D eigenvalue weighted by atomic mass is 35.5. The molecule has 4 N–H and O–H groups in total. The number of hydrogen-bond donors (Lipinski definition) is 3. The molecule has 0 spiro atoms. The zero-order chi connectivity index (χ0) is 43.9. The number of amides is 2. The van der Waals surface area contributed by atoms with Crippen molar-refractivity contribution in [1.29, 1.82) is 0 Å². The average Bonchev–Trinajstić information content (AvgIpc) is 3.91. The van der Waals surface area contributed by atoms with Crippen molar-refractivity contribution in [2.45, 2.75) is 39.7 Å². The van der Waals surface area contributed by atoms with Gasteiger partial charge in [0.05, 0.1) is 58.2 Å². The van der Waals surface area contributed by atoms with Gasteiger partial charge in [-0.15, -0.1) is 21.5 Å². The van der Waals surface area contributed by atoms with E-state index < -0.39 is 6.04 Å². The Morgan fingerprint density at radius 1 is 0.857 bits per heavy atom. The Kier molecular flexibility index (Phi) is 13.7. The molecule has 326 valence electrons. The fourth-order valence-electron chi connectivity index (χ4n) is 7.26. The van der Waals surface area contributed by atoms with Crippen LogP contribution in [0, 0.1) is 20.8 Å². The van der Waals surface area contributed by atoms with Crippen molar-refractivity contribution in [3.8, 4) is 27.6 Å². The van der Waals surface area contributed by atoms with Crippen molar-refractivity contribution in [2.24, 2.45) is 4.99 Å². The number of halogens is 1. The first-order valence-electron chi connectivity index (χ1n) is 20.5. The molecule has 5 heterocycles. The molecule has 1 atom stereocenters. The summed E-state index contributed by atoms with van der Waals surface area (Å²) >= 11 is 7.91. The Morgan fingerprint density at radius 3 is 2.27 bits per heavy atom. The van der Waals surface area contributed by atoms with Gasteiger partial charge in [0.25, 0.3) is 0 Å². The highest BCUT2D eigenvalue weighted by Gasteiger charge is 2.32. The van der Waals surface area contributed by atoms with Crippen LogP contribution in [-0.4, -0.2) is 90.1 Å². The topological polar surface area (TPSA) is 186 Å². The number of nitrogens with one attached hydrogen (secondary N) is 2. The van der Waals surface area contributed by atoms with Crippen LogP contribution in [0.1, 0.15) is 51.2 Å². The number of nitrogens with zero attached hydrogens (tertiary/aromatic N) is 5. The number of thiophene rings is 1.